The highest BCUT2D eigenvalue weighted by molar-refractivity contribution is 7.99. The number of thioether (sulfide) groups is 1. The van der Waals surface area contributed by atoms with Crippen LogP contribution in [0.5, 0.6) is 5.75 Å². The quantitative estimate of drug-likeness (QED) is 0.754. The van der Waals surface area contributed by atoms with Gasteiger partial charge in [-0.15, -0.1) is 0 Å². The first-order valence-electron chi connectivity index (χ1n) is 7.93. The molecule has 0 spiro atoms. The third kappa shape index (κ3) is 5.53. The zero-order chi connectivity index (χ0) is 14.9. The molecule has 1 heterocycles. The van der Waals surface area contributed by atoms with E-state index in [1.54, 1.807) is 0 Å². The Morgan fingerprint density at radius 1 is 1.38 bits per heavy atom. The van der Waals surface area contributed by atoms with Crippen molar-refractivity contribution in [1.82, 2.24) is 5.32 Å². The van der Waals surface area contributed by atoms with E-state index in [1.165, 1.54) is 18.4 Å². The maximum Gasteiger partial charge on any atom is 0.119 e. The summed E-state index contributed by atoms with van der Waals surface area (Å²) in [4.78, 5) is 0. The average Bonchev–Trinajstić information content (AvgIpc) is 3.03. The Kier molecular flexibility index (Phi) is 7.41. The summed E-state index contributed by atoms with van der Waals surface area (Å²) >= 11 is 1.98. The second-order valence-electron chi connectivity index (χ2n) is 5.43. The van der Waals surface area contributed by atoms with Crippen LogP contribution < -0.4 is 10.1 Å². The first-order chi connectivity index (χ1) is 10.3. The van der Waals surface area contributed by atoms with Gasteiger partial charge in [-0.2, -0.15) is 11.8 Å². The van der Waals surface area contributed by atoms with Crippen LogP contribution in [0.25, 0.3) is 0 Å². The first-order valence-corrected chi connectivity index (χ1v) is 9.08. The van der Waals surface area contributed by atoms with Crippen LogP contribution in [0.4, 0.5) is 0 Å². The van der Waals surface area contributed by atoms with E-state index in [-0.39, 0.29) is 0 Å². The van der Waals surface area contributed by atoms with Crippen molar-refractivity contribution in [2.24, 2.45) is 0 Å². The fourth-order valence-corrected chi connectivity index (χ4v) is 3.71. The molecule has 3 nitrogen and oxygen atoms in total. The molecule has 1 aliphatic rings. The summed E-state index contributed by atoms with van der Waals surface area (Å²) in [7, 11) is 2.03. The van der Waals surface area contributed by atoms with Crippen molar-refractivity contribution in [2.75, 3.05) is 31.8 Å². The summed E-state index contributed by atoms with van der Waals surface area (Å²) in [6, 6.07) is 8.86. The number of benzene rings is 1. The van der Waals surface area contributed by atoms with E-state index in [0.717, 1.165) is 36.9 Å². The summed E-state index contributed by atoms with van der Waals surface area (Å²) in [6.07, 6.45) is 3.96. The Labute approximate surface area is 132 Å². The highest BCUT2D eigenvalue weighted by Crippen LogP contribution is 2.23. The van der Waals surface area contributed by atoms with Crippen LogP contribution in [0.3, 0.4) is 0 Å². The van der Waals surface area contributed by atoms with Gasteiger partial charge in [-0.05, 0) is 44.0 Å². The number of hydrogen-bond acceptors (Lipinski definition) is 4. The molecule has 1 fully saturated rings. The zero-order valence-corrected chi connectivity index (χ0v) is 14.0. The summed E-state index contributed by atoms with van der Waals surface area (Å²) in [6.45, 7) is 3.85. The van der Waals surface area contributed by atoms with Crippen molar-refractivity contribution >= 4 is 11.8 Å². The molecule has 0 aliphatic carbocycles. The van der Waals surface area contributed by atoms with Gasteiger partial charge in [0.05, 0.1) is 12.7 Å². The molecule has 2 unspecified atom stereocenters. The van der Waals surface area contributed by atoms with Crippen LogP contribution in [0.1, 0.15) is 37.8 Å². The smallest absolute Gasteiger partial charge is 0.119 e. The van der Waals surface area contributed by atoms with Crippen LogP contribution in [0, 0.1) is 0 Å². The number of rotatable bonds is 9. The third-order valence-corrected chi connectivity index (χ3v) is 4.89. The third-order valence-electron chi connectivity index (χ3n) is 3.72. The lowest BCUT2D eigenvalue weighted by Crippen LogP contribution is -2.20. The maximum absolute atomic E-state index is 5.67. The monoisotopic (exact) mass is 309 g/mol. The zero-order valence-electron chi connectivity index (χ0n) is 13.1. The van der Waals surface area contributed by atoms with E-state index in [2.05, 4.69) is 36.5 Å². The predicted molar refractivity (Wildman–Crippen MR) is 90.3 cm³/mol. The molecule has 0 radical (unpaired) electrons. The van der Waals surface area contributed by atoms with Gasteiger partial charge in [-0.25, -0.2) is 0 Å². The highest BCUT2D eigenvalue weighted by atomic mass is 32.2. The van der Waals surface area contributed by atoms with Gasteiger partial charge in [0.25, 0.3) is 0 Å². The Hall–Kier alpha value is -0.710. The van der Waals surface area contributed by atoms with Gasteiger partial charge < -0.3 is 14.8 Å². The van der Waals surface area contributed by atoms with Crippen LogP contribution in [-0.4, -0.2) is 37.9 Å². The molecule has 0 aromatic heterocycles. The first kappa shape index (κ1) is 16.7. The number of nitrogens with one attached hydrogen (secondary N) is 1. The minimum atomic E-state index is 0.386. The van der Waals surface area contributed by atoms with Crippen molar-refractivity contribution < 1.29 is 9.47 Å². The van der Waals surface area contributed by atoms with Gasteiger partial charge in [0.15, 0.2) is 0 Å². The maximum atomic E-state index is 5.67. The Morgan fingerprint density at radius 2 is 2.19 bits per heavy atom. The Bertz CT molecular complexity index is 390. The molecule has 0 saturated carbocycles. The fraction of sp³-hybridized carbons (Fsp3) is 0.647. The van der Waals surface area contributed by atoms with Gasteiger partial charge in [-0.1, -0.05) is 19.1 Å². The van der Waals surface area contributed by atoms with Gasteiger partial charge in [-0.3, -0.25) is 0 Å². The normalized spacial score (nSPS) is 19.6. The SMILES string of the molecule is CCCOc1ccc(C(CSCC2CCCO2)NC)cc1. The molecule has 118 valence electrons. The highest BCUT2D eigenvalue weighted by Gasteiger charge is 2.16. The topological polar surface area (TPSA) is 30.5 Å². The molecule has 21 heavy (non-hydrogen) atoms. The number of hydrogen-bond donors (Lipinski definition) is 1. The van der Waals surface area contributed by atoms with Gasteiger partial charge in [0.1, 0.15) is 5.75 Å². The van der Waals surface area contributed by atoms with Crippen LogP contribution in [-0.2, 0) is 4.74 Å². The van der Waals surface area contributed by atoms with Crippen molar-refractivity contribution in [3.8, 4) is 5.75 Å². The number of ether oxygens (including phenoxy) is 2. The molecule has 2 rings (SSSR count). The van der Waals surface area contributed by atoms with Crippen molar-refractivity contribution in [3.05, 3.63) is 29.8 Å². The van der Waals surface area contributed by atoms with Gasteiger partial charge in [0.2, 0.25) is 0 Å². The van der Waals surface area contributed by atoms with Crippen molar-refractivity contribution in [3.63, 3.8) is 0 Å². The lowest BCUT2D eigenvalue weighted by atomic mass is 10.1. The summed E-state index contributed by atoms with van der Waals surface area (Å²) in [5.74, 6) is 3.14. The second-order valence-corrected chi connectivity index (χ2v) is 6.51. The molecular weight excluding hydrogens is 282 g/mol. The lowest BCUT2D eigenvalue weighted by molar-refractivity contribution is 0.129. The fourth-order valence-electron chi connectivity index (χ4n) is 2.46. The summed E-state index contributed by atoms with van der Waals surface area (Å²) in [5.41, 5.74) is 1.32. The lowest BCUT2D eigenvalue weighted by Gasteiger charge is -2.18. The molecule has 2 atom stereocenters. The molecule has 4 heteroatoms. The largest absolute Gasteiger partial charge is 0.494 e. The minimum absolute atomic E-state index is 0.386. The molecule has 0 bridgehead atoms. The molecule has 1 aromatic rings. The molecule has 0 amide bonds. The molecule has 1 saturated heterocycles. The van der Waals surface area contributed by atoms with E-state index in [0.29, 0.717) is 12.1 Å². The molecule has 1 aromatic carbocycles. The van der Waals surface area contributed by atoms with E-state index >= 15 is 0 Å². The standard InChI is InChI=1S/C17H27NO2S/c1-3-10-19-15-8-6-14(7-9-15)17(18-2)13-21-12-16-5-4-11-20-16/h6-9,16-18H,3-5,10-13H2,1-2H3. The average molecular weight is 309 g/mol. The summed E-state index contributed by atoms with van der Waals surface area (Å²) < 4.78 is 11.3. The summed E-state index contributed by atoms with van der Waals surface area (Å²) in [5, 5.41) is 3.40. The van der Waals surface area contributed by atoms with E-state index < -0.39 is 0 Å². The van der Waals surface area contributed by atoms with Crippen LogP contribution in [0.2, 0.25) is 0 Å². The Balaban J connectivity index is 1.78. The predicted octanol–water partition coefficient (Wildman–Crippen LogP) is 3.65. The molecular formula is C17H27NO2S. The van der Waals surface area contributed by atoms with E-state index in [1.807, 2.05) is 18.8 Å². The van der Waals surface area contributed by atoms with Crippen molar-refractivity contribution in [1.29, 1.82) is 0 Å². The molecule has 1 N–H and O–H groups in total. The van der Waals surface area contributed by atoms with Crippen LogP contribution in [0.15, 0.2) is 24.3 Å². The van der Waals surface area contributed by atoms with E-state index in [9.17, 15) is 0 Å². The second kappa shape index (κ2) is 9.34. The van der Waals surface area contributed by atoms with E-state index in [4.69, 9.17) is 9.47 Å². The van der Waals surface area contributed by atoms with Gasteiger partial charge >= 0.3 is 0 Å². The minimum Gasteiger partial charge on any atom is -0.494 e. The van der Waals surface area contributed by atoms with Crippen molar-refractivity contribution in [2.45, 2.75) is 38.3 Å². The molecule has 1 aliphatic heterocycles. The van der Waals surface area contributed by atoms with Crippen LogP contribution >= 0.6 is 11.8 Å². The van der Waals surface area contributed by atoms with Gasteiger partial charge in [0, 0.05) is 24.2 Å². The Morgan fingerprint density at radius 3 is 2.81 bits per heavy atom.